The Hall–Kier alpha value is -3.99. The maximum Gasteiger partial charge on any atom is 0.337 e. The van der Waals surface area contributed by atoms with Gasteiger partial charge in [-0.25, -0.2) is 4.79 Å². The predicted molar refractivity (Wildman–Crippen MR) is 129 cm³/mol. The summed E-state index contributed by atoms with van der Waals surface area (Å²) >= 11 is 12.4. The molecule has 0 spiro atoms. The molecule has 0 aliphatic heterocycles. The zero-order chi connectivity index (χ0) is 24.7. The van der Waals surface area contributed by atoms with Gasteiger partial charge in [0.15, 0.2) is 11.5 Å². The number of carbonyl (C=O) groups is 2. The summed E-state index contributed by atoms with van der Waals surface area (Å²) in [5.74, 6) is -1.17. The summed E-state index contributed by atoms with van der Waals surface area (Å²) in [7, 11) is 1.46. The molecule has 7 nitrogen and oxygen atoms in total. The summed E-state index contributed by atoms with van der Waals surface area (Å²) in [5.41, 5.74) is 0.898. The monoisotopic (exact) mass is 496 g/mol. The highest BCUT2D eigenvalue weighted by Crippen LogP contribution is 2.32. The number of ether oxygens (including phenoxy) is 2. The number of amides is 1. The number of nitrogens with one attached hydrogen (secondary N) is 1. The summed E-state index contributed by atoms with van der Waals surface area (Å²) in [5, 5.41) is 22.2. The Kier molecular flexibility index (Phi) is 8.14. The van der Waals surface area contributed by atoms with Crippen LogP contribution in [-0.2, 0) is 11.4 Å². The molecule has 3 aromatic rings. The van der Waals surface area contributed by atoms with Crippen LogP contribution in [0.25, 0.3) is 6.08 Å². The van der Waals surface area contributed by atoms with Crippen LogP contribution in [0.2, 0.25) is 10.0 Å². The number of nitrogens with zero attached hydrogens (tertiary/aromatic N) is 1. The van der Waals surface area contributed by atoms with Crippen molar-refractivity contribution in [1.29, 1.82) is 5.26 Å². The number of para-hydroxylation sites is 1. The molecule has 0 heterocycles. The van der Waals surface area contributed by atoms with Crippen molar-refractivity contribution in [2.75, 3.05) is 12.4 Å². The number of hydrogen-bond donors (Lipinski definition) is 2. The Morgan fingerprint density at radius 3 is 2.41 bits per heavy atom. The molecule has 0 aliphatic carbocycles. The van der Waals surface area contributed by atoms with E-state index in [-0.39, 0.29) is 23.4 Å². The highest BCUT2D eigenvalue weighted by atomic mass is 35.5. The number of carbonyl (C=O) groups excluding carboxylic acids is 1. The van der Waals surface area contributed by atoms with Gasteiger partial charge in [-0.1, -0.05) is 47.5 Å². The minimum atomic E-state index is -1.20. The van der Waals surface area contributed by atoms with Gasteiger partial charge in [-0.05, 0) is 48.0 Å². The highest BCUT2D eigenvalue weighted by Gasteiger charge is 2.16. The summed E-state index contributed by atoms with van der Waals surface area (Å²) in [6.45, 7) is 0.110. The zero-order valence-electron chi connectivity index (χ0n) is 17.8. The fraction of sp³-hybridized carbons (Fsp3) is 0.0800. The molecule has 0 saturated heterocycles. The normalized spacial score (nSPS) is 10.8. The van der Waals surface area contributed by atoms with E-state index in [0.29, 0.717) is 32.7 Å². The third-order valence-electron chi connectivity index (χ3n) is 4.70. The largest absolute Gasteiger partial charge is 0.493 e. The van der Waals surface area contributed by atoms with Crippen LogP contribution in [0.1, 0.15) is 21.5 Å². The van der Waals surface area contributed by atoms with Crippen LogP contribution in [0, 0.1) is 11.3 Å². The fourth-order valence-corrected chi connectivity index (χ4v) is 3.50. The van der Waals surface area contributed by atoms with Gasteiger partial charge in [-0.15, -0.1) is 0 Å². The average molecular weight is 497 g/mol. The molecule has 0 aliphatic rings. The van der Waals surface area contributed by atoms with Gasteiger partial charge in [0.25, 0.3) is 5.91 Å². The van der Waals surface area contributed by atoms with Crippen LogP contribution in [0.3, 0.4) is 0 Å². The quantitative estimate of drug-likeness (QED) is 0.300. The number of benzene rings is 3. The fourth-order valence-electron chi connectivity index (χ4n) is 3.00. The molecule has 3 aromatic carbocycles. The van der Waals surface area contributed by atoms with Crippen LogP contribution in [0.15, 0.2) is 66.2 Å². The number of aromatic carboxylic acids is 1. The second-order valence-corrected chi connectivity index (χ2v) is 7.69. The Balaban J connectivity index is 1.81. The van der Waals surface area contributed by atoms with Gasteiger partial charge in [0, 0.05) is 15.6 Å². The second-order valence-electron chi connectivity index (χ2n) is 6.87. The average Bonchev–Trinajstić information content (AvgIpc) is 2.82. The summed E-state index contributed by atoms with van der Waals surface area (Å²) in [6.07, 6.45) is 1.36. The molecular formula is C25H18Cl2N2O5. The first-order chi connectivity index (χ1) is 16.3. The van der Waals surface area contributed by atoms with Crippen molar-refractivity contribution in [3.8, 4) is 17.6 Å². The Morgan fingerprint density at radius 1 is 1.06 bits per heavy atom. The Labute approximate surface area is 205 Å². The Morgan fingerprint density at radius 2 is 1.76 bits per heavy atom. The summed E-state index contributed by atoms with van der Waals surface area (Å²) in [6, 6.07) is 17.8. The molecule has 172 valence electrons. The van der Waals surface area contributed by atoms with Crippen LogP contribution in [-0.4, -0.2) is 24.1 Å². The number of hydrogen-bond acceptors (Lipinski definition) is 5. The maximum absolute atomic E-state index is 12.6. The van der Waals surface area contributed by atoms with Crippen LogP contribution >= 0.6 is 23.2 Å². The smallest absolute Gasteiger partial charge is 0.337 e. The lowest BCUT2D eigenvalue weighted by Crippen LogP contribution is -2.16. The van der Waals surface area contributed by atoms with Crippen molar-refractivity contribution >= 4 is 46.8 Å². The lowest BCUT2D eigenvalue weighted by molar-refractivity contribution is -0.112. The molecule has 0 radical (unpaired) electrons. The van der Waals surface area contributed by atoms with E-state index in [1.165, 1.54) is 31.4 Å². The van der Waals surface area contributed by atoms with Crippen LogP contribution in [0.4, 0.5) is 5.69 Å². The minimum absolute atomic E-state index is 0.0840. The van der Waals surface area contributed by atoms with Gasteiger partial charge in [0.05, 0.1) is 18.4 Å². The SMILES string of the molecule is COc1cc(/C=C(\C#N)C(=O)Nc2ccccc2C(=O)O)ccc1OCc1c(Cl)cccc1Cl. The topological polar surface area (TPSA) is 109 Å². The summed E-state index contributed by atoms with van der Waals surface area (Å²) < 4.78 is 11.2. The van der Waals surface area contributed by atoms with E-state index >= 15 is 0 Å². The van der Waals surface area contributed by atoms with Gasteiger partial charge in [0.1, 0.15) is 18.2 Å². The van der Waals surface area contributed by atoms with E-state index in [1.807, 2.05) is 6.07 Å². The van der Waals surface area contributed by atoms with Gasteiger partial charge in [-0.3, -0.25) is 4.79 Å². The van der Waals surface area contributed by atoms with E-state index in [2.05, 4.69) is 5.32 Å². The van der Waals surface area contributed by atoms with Crippen LogP contribution in [0.5, 0.6) is 11.5 Å². The molecule has 9 heteroatoms. The van der Waals surface area contributed by atoms with Gasteiger partial charge in [0.2, 0.25) is 0 Å². The van der Waals surface area contributed by atoms with Crippen molar-refractivity contribution in [1.82, 2.24) is 0 Å². The molecule has 3 rings (SSSR count). The number of carboxylic acids is 1. The van der Waals surface area contributed by atoms with Crippen LogP contribution < -0.4 is 14.8 Å². The van der Waals surface area contributed by atoms with Crippen molar-refractivity contribution in [3.05, 3.63) is 93.0 Å². The molecule has 0 saturated carbocycles. The van der Waals surface area contributed by atoms with Crippen molar-refractivity contribution in [2.24, 2.45) is 0 Å². The minimum Gasteiger partial charge on any atom is -0.493 e. The number of methoxy groups -OCH3 is 1. The van der Waals surface area contributed by atoms with E-state index < -0.39 is 11.9 Å². The number of halogens is 2. The molecule has 0 atom stereocenters. The molecule has 0 unspecified atom stereocenters. The number of rotatable bonds is 8. The first-order valence-corrected chi connectivity index (χ1v) is 10.6. The van der Waals surface area contributed by atoms with E-state index in [1.54, 1.807) is 42.5 Å². The first kappa shape index (κ1) is 24.6. The molecule has 0 aromatic heterocycles. The lowest BCUT2D eigenvalue weighted by Gasteiger charge is -2.13. The van der Waals surface area contributed by atoms with E-state index in [0.717, 1.165) is 0 Å². The highest BCUT2D eigenvalue weighted by molar-refractivity contribution is 6.35. The summed E-state index contributed by atoms with van der Waals surface area (Å²) in [4.78, 5) is 23.9. The van der Waals surface area contributed by atoms with Gasteiger partial charge in [-0.2, -0.15) is 5.26 Å². The predicted octanol–water partition coefficient (Wildman–Crippen LogP) is 5.82. The number of carboxylic acid groups (broad SMARTS) is 1. The first-order valence-electron chi connectivity index (χ1n) is 9.83. The Bertz CT molecular complexity index is 1290. The lowest BCUT2D eigenvalue weighted by atomic mass is 10.1. The van der Waals surface area contributed by atoms with Crippen molar-refractivity contribution in [2.45, 2.75) is 6.61 Å². The molecule has 0 bridgehead atoms. The second kappa shape index (κ2) is 11.2. The van der Waals surface area contributed by atoms with Gasteiger partial charge < -0.3 is 19.9 Å². The number of nitriles is 1. The molecule has 0 fully saturated rings. The number of anilines is 1. The third kappa shape index (κ3) is 5.87. The maximum atomic E-state index is 12.6. The molecular weight excluding hydrogens is 479 g/mol. The standard InChI is InChI=1S/C25H18Cl2N2O5/c1-33-23-12-15(9-10-22(23)34-14-18-19(26)6-4-7-20(18)27)11-16(13-28)24(30)29-21-8-3-2-5-17(21)25(31)32/h2-12H,14H2,1H3,(H,29,30)(H,31,32)/b16-11+. The molecule has 2 N–H and O–H groups in total. The molecule has 34 heavy (non-hydrogen) atoms. The van der Waals surface area contributed by atoms with E-state index in [9.17, 15) is 20.0 Å². The van der Waals surface area contributed by atoms with E-state index in [4.69, 9.17) is 32.7 Å². The van der Waals surface area contributed by atoms with Crippen molar-refractivity contribution in [3.63, 3.8) is 0 Å². The van der Waals surface area contributed by atoms with Gasteiger partial charge >= 0.3 is 5.97 Å². The third-order valence-corrected chi connectivity index (χ3v) is 5.41. The molecule has 1 amide bonds. The van der Waals surface area contributed by atoms with Crippen molar-refractivity contribution < 1.29 is 24.2 Å². The zero-order valence-corrected chi connectivity index (χ0v) is 19.4.